The smallest absolute Gasteiger partial charge is 0.236 e. The van der Waals surface area contributed by atoms with Crippen LogP contribution in [0.3, 0.4) is 0 Å². The van der Waals surface area contributed by atoms with Crippen LogP contribution in [0.2, 0.25) is 0 Å². The molecule has 1 saturated heterocycles. The lowest BCUT2D eigenvalue weighted by molar-refractivity contribution is -0.122. The number of carbonyl (C=O) groups excluding carboxylic acids is 1. The molecule has 16 heavy (non-hydrogen) atoms. The third-order valence-electron chi connectivity index (χ3n) is 3.23. The third-order valence-corrected chi connectivity index (χ3v) is 3.23. The van der Waals surface area contributed by atoms with Crippen LogP contribution in [0.4, 0.5) is 0 Å². The average molecular weight is 218 g/mol. The molecule has 3 nitrogen and oxygen atoms in total. The maximum Gasteiger partial charge on any atom is 0.236 e. The van der Waals surface area contributed by atoms with E-state index >= 15 is 0 Å². The Kier molecular flexibility index (Phi) is 3.25. The van der Waals surface area contributed by atoms with Crippen LogP contribution in [-0.4, -0.2) is 18.5 Å². The Balaban J connectivity index is 2.10. The van der Waals surface area contributed by atoms with E-state index in [4.69, 9.17) is 5.73 Å². The van der Waals surface area contributed by atoms with Gasteiger partial charge in [-0.05, 0) is 25.3 Å². The van der Waals surface area contributed by atoms with Crippen molar-refractivity contribution in [2.24, 2.45) is 5.73 Å². The molecule has 86 valence electrons. The lowest BCUT2D eigenvalue weighted by atomic mass is 9.93. The molecule has 0 saturated carbocycles. The zero-order chi connectivity index (χ0) is 11.5. The highest BCUT2D eigenvalue weighted by Gasteiger charge is 2.22. The minimum Gasteiger partial charge on any atom is -0.354 e. The predicted molar refractivity (Wildman–Crippen MR) is 64.1 cm³/mol. The summed E-state index contributed by atoms with van der Waals surface area (Å²) >= 11 is 0. The molecule has 0 aromatic heterocycles. The molecular formula is C13H18N2O. The summed E-state index contributed by atoms with van der Waals surface area (Å²) in [6.07, 6.45) is 1.74. The fourth-order valence-corrected chi connectivity index (χ4v) is 2.09. The summed E-state index contributed by atoms with van der Waals surface area (Å²) in [5.74, 6) is 0.382. The Labute approximate surface area is 96.0 Å². The van der Waals surface area contributed by atoms with E-state index < -0.39 is 0 Å². The number of rotatable bonds is 1. The summed E-state index contributed by atoms with van der Waals surface area (Å²) in [4.78, 5) is 11.4. The van der Waals surface area contributed by atoms with Crippen LogP contribution in [0.1, 0.15) is 29.9 Å². The van der Waals surface area contributed by atoms with Crippen molar-refractivity contribution in [2.45, 2.75) is 31.7 Å². The van der Waals surface area contributed by atoms with Gasteiger partial charge in [-0.2, -0.15) is 0 Å². The number of benzene rings is 1. The standard InChI is InChI=1S/C13H18N2O/c1-9-2-4-10(5-3-9)11-6-7-12(14)13(16)15-8-11/h2-5,11-12H,6-8,14H2,1H3,(H,15,16)/t11-,12+/m0/s1. The van der Waals surface area contributed by atoms with E-state index in [0.717, 1.165) is 12.8 Å². The molecule has 1 amide bonds. The molecule has 1 aromatic carbocycles. The molecule has 3 N–H and O–H groups in total. The van der Waals surface area contributed by atoms with Crippen LogP contribution >= 0.6 is 0 Å². The molecule has 0 spiro atoms. The first kappa shape index (κ1) is 11.1. The summed E-state index contributed by atoms with van der Waals surface area (Å²) in [6, 6.07) is 8.17. The van der Waals surface area contributed by atoms with E-state index in [2.05, 4.69) is 36.5 Å². The van der Waals surface area contributed by atoms with Crippen molar-refractivity contribution in [1.29, 1.82) is 0 Å². The monoisotopic (exact) mass is 218 g/mol. The fraction of sp³-hybridized carbons (Fsp3) is 0.462. The minimum absolute atomic E-state index is 0.0189. The number of carbonyl (C=O) groups is 1. The third kappa shape index (κ3) is 2.42. The number of amides is 1. The highest BCUT2D eigenvalue weighted by Crippen LogP contribution is 2.23. The molecule has 0 radical (unpaired) electrons. The summed E-state index contributed by atoms with van der Waals surface area (Å²) in [5, 5.41) is 2.89. The van der Waals surface area contributed by atoms with Gasteiger partial charge in [0.15, 0.2) is 0 Å². The van der Waals surface area contributed by atoms with E-state index in [1.165, 1.54) is 11.1 Å². The zero-order valence-electron chi connectivity index (χ0n) is 9.57. The molecule has 2 atom stereocenters. The normalized spacial score (nSPS) is 26.0. The number of aryl methyl sites for hydroxylation is 1. The second-order valence-corrected chi connectivity index (χ2v) is 4.54. The van der Waals surface area contributed by atoms with Gasteiger partial charge in [0.1, 0.15) is 0 Å². The summed E-state index contributed by atoms with van der Waals surface area (Å²) in [5.41, 5.74) is 8.28. The molecule has 1 aliphatic rings. The first-order valence-electron chi connectivity index (χ1n) is 5.76. The Hall–Kier alpha value is -1.35. The zero-order valence-corrected chi connectivity index (χ0v) is 9.57. The lowest BCUT2D eigenvalue weighted by Gasteiger charge is -2.14. The van der Waals surface area contributed by atoms with Crippen LogP contribution in [0, 0.1) is 6.92 Å². The second kappa shape index (κ2) is 4.66. The van der Waals surface area contributed by atoms with E-state index in [1.54, 1.807) is 0 Å². The number of hydrogen-bond donors (Lipinski definition) is 2. The van der Waals surface area contributed by atoms with Gasteiger partial charge in [0, 0.05) is 12.5 Å². The molecule has 1 aliphatic heterocycles. The van der Waals surface area contributed by atoms with Gasteiger partial charge in [-0.1, -0.05) is 29.8 Å². The van der Waals surface area contributed by atoms with E-state index in [1.807, 2.05) is 0 Å². The first-order chi connectivity index (χ1) is 7.66. The lowest BCUT2D eigenvalue weighted by Crippen LogP contribution is -2.38. The molecule has 0 unspecified atom stereocenters. The average Bonchev–Trinajstić information content (AvgIpc) is 2.44. The van der Waals surface area contributed by atoms with E-state index in [-0.39, 0.29) is 11.9 Å². The number of nitrogens with two attached hydrogens (primary N) is 1. The highest BCUT2D eigenvalue weighted by molar-refractivity contribution is 5.81. The Morgan fingerprint density at radius 2 is 1.94 bits per heavy atom. The number of hydrogen-bond acceptors (Lipinski definition) is 2. The van der Waals surface area contributed by atoms with Crippen LogP contribution in [0.5, 0.6) is 0 Å². The van der Waals surface area contributed by atoms with Crippen LogP contribution in [0.15, 0.2) is 24.3 Å². The van der Waals surface area contributed by atoms with Crippen molar-refractivity contribution in [2.75, 3.05) is 6.54 Å². The number of nitrogens with one attached hydrogen (secondary N) is 1. The topological polar surface area (TPSA) is 55.1 Å². The maximum atomic E-state index is 11.4. The largest absolute Gasteiger partial charge is 0.354 e. The first-order valence-corrected chi connectivity index (χ1v) is 5.76. The van der Waals surface area contributed by atoms with Crippen molar-refractivity contribution in [3.63, 3.8) is 0 Å². The van der Waals surface area contributed by atoms with Crippen molar-refractivity contribution in [3.8, 4) is 0 Å². The van der Waals surface area contributed by atoms with Gasteiger partial charge >= 0.3 is 0 Å². The quantitative estimate of drug-likeness (QED) is 0.747. The van der Waals surface area contributed by atoms with E-state index in [9.17, 15) is 4.79 Å². The Bertz CT molecular complexity index is 372. The van der Waals surface area contributed by atoms with Crippen molar-refractivity contribution in [1.82, 2.24) is 5.32 Å². The summed E-state index contributed by atoms with van der Waals surface area (Å²) in [7, 11) is 0. The molecular weight excluding hydrogens is 200 g/mol. The van der Waals surface area contributed by atoms with Gasteiger partial charge < -0.3 is 11.1 Å². The van der Waals surface area contributed by atoms with Gasteiger partial charge in [0.2, 0.25) is 5.91 Å². The molecule has 1 aromatic rings. The van der Waals surface area contributed by atoms with E-state index in [0.29, 0.717) is 12.5 Å². The van der Waals surface area contributed by atoms with Crippen molar-refractivity contribution >= 4 is 5.91 Å². The fourth-order valence-electron chi connectivity index (χ4n) is 2.09. The van der Waals surface area contributed by atoms with Crippen molar-refractivity contribution < 1.29 is 4.79 Å². The Morgan fingerprint density at radius 1 is 1.25 bits per heavy atom. The maximum absolute atomic E-state index is 11.4. The molecule has 2 rings (SSSR count). The minimum atomic E-state index is -0.338. The van der Waals surface area contributed by atoms with Gasteiger partial charge in [0.05, 0.1) is 6.04 Å². The van der Waals surface area contributed by atoms with Gasteiger partial charge in [-0.15, -0.1) is 0 Å². The van der Waals surface area contributed by atoms with Gasteiger partial charge in [-0.3, -0.25) is 4.79 Å². The molecule has 0 aliphatic carbocycles. The molecule has 3 heteroatoms. The molecule has 1 fully saturated rings. The SMILES string of the molecule is Cc1ccc([C@H]2CC[C@@H](N)C(=O)NC2)cc1. The van der Waals surface area contributed by atoms with Gasteiger partial charge in [-0.25, -0.2) is 0 Å². The Morgan fingerprint density at radius 3 is 2.62 bits per heavy atom. The summed E-state index contributed by atoms with van der Waals surface area (Å²) in [6.45, 7) is 2.78. The van der Waals surface area contributed by atoms with Crippen LogP contribution in [0.25, 0.3) is 0 Å². The van der Waals surface area contributed by atoms with Crippen molar-refractivity contribution in [3.05, 3.63) is 35.4 Å². The molecule has 1 heterocycles. The van der Waals surface area contributed by atoms with Crippen LogP contribution < -0.4 is 11.1 Å². The highest BCUT2D eigenvalue weighted by atomic mass is 16.2. The second-order valence-electron chi connectivity index (χ2n) is 4.54. The van der Waals surface area contributed by atoms with Crippen LogP contribution in [-0.2, 0) is 4.79 Å². The predicted octanol–water partition coefficient (Wildman–Crippen LogP) is 1.32. The summed E-state index contributed by atoms with van der Waals surface area (Å²) < 4.78 is 0. The van der Waals surface area contributed by atoms with Gasteiger partial charge in [0.25, 0.3) is 0 Å². The molecule has 0 bridgehead atoms.